The van der Waals surface area contributed by atoms with Crippen LogP contribution in [0.5, 0.6) is 0 Å². The highest BCUT2D eigenvalue weighted by Gasteiger charge is 2.39. The normalized spacial score (nSPS) is 18.0. The van der Waals surface area contributed by atoms with Crippen LogP contribution in [0.15, 0.2) is 53.7 Å². The van der Waals surface area contributed by atoms with E-state index in [1.807, 2.05) is 18.2 Å². The van der Waals surface area contributed by atoms with Crippen LogP contribution in [-0.4, -0.2) is 26.9 Å². The van der Waals surface area contributed by atoms with Crippen molar-refractivity contribution in [3.63, 3.8) is 0 Å². The van der Waals surface area contributed by atoms with Gasteiger partial charge >= 0.3 is 0 Å². The molecule has 112 valence electrons. The van der Waals surface area contributed by atoms with Crippen LogP contribution in [0.2, 0.25) is 5.02 Å². The number of aromatic nitrogens is 1. The van der Waals surface area contributed by atoms with E-state index in [1.54, 1.807) is 30.6 Å². The molecule has 1 fully saturated rings. The molecule has 1 aromatic heterocycles. The highest BCUT2D eigenvalue weighted by Crippen LogP contribution is 2.32. The van der Waals surface area contributed by atoms with Gasteiger partial charge in [0.1, 0.15) is 0 Å². The molecule has 1 aromatic carbocycles. The molecule has 2 heterocycles. The summed E-state index contributed by atoms with van der Waals surface area (Å²) in [6.45, 7) is 0.281. The van der Waals surface area contributed by atoms with Crippen LogP contribution in [0.3, 0.4) is 0 Å². The third kappa shape index (κ3) is 3.31. The summed E-state index contributed by atoms with van der Waals surface area (Å²) < 4.78 is 0. The first-order valence-corrected chi connectivity index (χ1v) is 8.04. The maximum absolute atomic E-state index is 12.4. The van der Waals surface area contributed by atoms with Crippen molar-refractivity contribution >= 4 is 35.2 Å². The summed E-state index contributed by atoms with van der Waals surface area (Å²) in [5.41, 5.74) is 0.848. The molecule has 0 bridgehead atoms. The van der Waals surface area contributed by atoms with Crippen molar-refractivity contribution in [3.05, 3.63) is 59.4 Å². The van der Waals surface area contributed by atoms with Crippen molar-refractivity contribution in [1.29, 1.82) is 0 Å². The zero-order valence-corrected chi connectivity index (χ0v) is 13.2. The van der Waals surface area contributed by atoms with Crippen LogP contribution in [0, 0.1) is 0 Å². The van der Waals surface area contributed by atoms with Gasteiger partial charge in [-0.1, -0.05) is 17.7 Å². The fourth-order valence-corrected chi connectivity index (χ4v) is 3.46. The standard InChI is InChI=1S/C16H13ClN2O2S/c17-12-3-5-13(6-4-12)22-14-8-15(20)19(16(14)21)10-11-2-1-7-18-9-11/h1-7,9,14H,8,10H2. The molecular formula is C16H13ClN2O2S. The Morgan fingerprint density at radius 3 is 2.68 bits per heavy atom. The van der Waals surface area contributed by atoms with Crippen LogP contribution >= 0.6 is 23.4 Å². The van der Waals surface area contributed by atoms with E-state index in [4.69, 9.17) is 11.6 Å². The molecule has 0 saturated carbocycles. The molecule has 1 unspecified atom stereocenters. The maximum atomic E-state index is 12.4. The number of carbonyl (C=O) groups is 2. The lowest BCUT2D eigenvalue weighted by atomic mass is 10.3. The average molecular weight is 333 g/mol. The molecule has 0 N–H and O–H groups in total. The third-order valence-electron chi connectivity index (χ3n) is 3.36. The Labute approximate surface area is 137 Å². The van der Waals surface area contributed by atoms with E-state index in [0.717, 1.165) is 10.5 Å². The lowest BCUT2D eigenvalue weighted by molar-refractivity contribution is -0.138. The fourth-order valence-electron chi connectivity index (χ4n) is 2.26. The monoisotopic (exact) mass is 332 g/mol. The number of amides is 2. The summed E-state index contributed by atoms with van der Waals surface area (Å²) in [5.74, 6) is -0.283. The summed E-state index contributed by atoms with van der Waals surface area (Å²) in [6, 6.07) is 10.9. The molecular weight excluding hydrogens is 320 g/mol. The van der Waals surface area contributed by atoms with Crippen molar-refractivity contribution < 1.29 is 9.59 Å². The first-order chi connectivity index (χ1) is 10.6. The van der Waals surface area contributed by atoms with Crippen LogP contribution < -0.4 is 0 Å². The van der Waals surface area contributed by atoms with E-state index in [1.165, 1.54) is 16.7 Å². The van der Waals surface area contributed by atoms with Gasteiger partial charge in [0.25, 0.3) is 0 Å². The van der Waals surface area contributed by atoms with Crippen LogP contribution in [-0.2, 0) is 16.1 Å². The van der Waals surface area contributed by atoms with Crippen molar-refractivity contribution in [3.8, 4) is 0 Å². The number of rotatable bonds is 4. The lowest BCUT2D eigenvalue weighted by Crippen LogP contribution is -2.30. The lowest BCUT2D eigenvalue weighted by Gasteiger charge is -2.14. The number of likely N-dealkylation sites (tertiary alicyclic amines) is 1. The Bertz CT molecular complexity index is 691. The van der Waals surface area contributed by atoms with E-state index >= 15 is 0 Å². The predicted octanol–water partition coefficient (Wildman–Crippen LogP) is 3.15. The minimum Gasteiger partial charge on any atom is -0.277 e. The van der Waals surface area contributed by atoms with Gasteiger partial charge in [0.2, 0.25) is 11.8 Å². The smallest absolute Gasteiger partial charge is 0.243 e. The Kier molecular flexibility index (Phi) is 4.45. The highest BCUT2D eigenvalue weighted by atomic mass is 35.5. The van der Waals surface area contributed by atoms with Gasteiger partial charge in [-0.15, -0.1) is 11.8 Å². The van der Waals surface area contributed by atoms with Crippen molar-refractivity contribution in [1.82, 2.24) is 9.88 Å². The van der Waals surface area contributed by atoms with E-state index in [2.05, 4.69) is 4.98 Å². The van der Waals surface area contributed by atoms with Gasteiger partial charge in [0.15, 0.2) is 0 Å². The predicted molar refractivity (Wildman–Crippen MR) is 85.5 cm³/mol. The number of nitrogens with zero attached hydrogens (tertiary/aromatic N) is 2. The second-order valence-electron chi connectivity index (χ2n) is 4.94. The number of hydrogen-bond donors (Lipinski definition) is 0. The van der Waals surface area contributed by atoms with Crippen molar-refractivity contribution in [2.45, 2.75) is 23.1 Å². The van der Waals surface area contributed by atoms with E-state index in [-0.39, 0.29) is 30.0 Å². The minimum atomic E-state index is -0.370. The van der Waals surface area contributed by atoms with Gasteiger partial charge in [-0.25, -0.2) is 0 Å². The zero-order valence-electron chi connectivity index (χ0n) is 11.6. The molecule has 0 aliphatic carbocycles. The van der Waals surface area contributed by atoms with Crippen LogP contribution in [0.4, 0.5) is 0 Å². The fraction of sp³-hybridized carbons (Fsp3) is 0.188. The first-order valence-electron chi connectivity index (χ1n) is 6.79. The molecule has 2 amide bonds. The Hall–Kier alpha value is -1.85. The van der Waals surface area contributed by atoms with Gasteiger partial charge in [0, 0.05) is 28.7 Å². The summed E-state index contributed by atoms with van der Waals surface area (Å²) >= 11 is 7.25. The summed E-state index contributed by atoms with van der Waals surface area (Å²) in [5, 5.41) is 0.279. The minimum absolute atomic E-state index is 0.139. The second-order valence-corrected chi connectivity index (χ2v) is 6.66. The molecule has 2 aromatic rings. The molecule has 3 rings (SSSR count). The van der Waals surface area contributed by atoms with Crippen molar-refractivity contribution in [2.75, 3.05) is 0 Å². The van der Waals surface area contributed by atoms with Crippen LogP contribution in [0.1, 0.15) is 12.0 Å². The molecule has 0 radical (unpaired) electrons. The van der Waals surface area contributed by atoms with E-state index < -0.39 is 0 Å². The zero-order chi connectivity index (χ0) is 15.5. The summed E-state index contributed by atoms with van der Waals surface area (Å²) in [7, 11) is 0. The quantitative estimate of drug-likeness (QED) is 0.807. The van der Waals surface area contributed by atoms with Crippen molar-refractivity contribution in [2.24, 2.45) is 0 Å². The molecule has 1 saturated heterocycles. The van der Waals surface area contributed by atoms with Gasteiger partial charge in [-0.3, -0.25) is 19.5 Å². The number of benzene rings is 1. The molecule has 0 spiro atoms. The average Bonchev–Trinajstić information content (AvgIpc) is 2.78. The molecule has 6 heteroatoms. The third-order valence-corrected chi connectivity index (χ3v) is 4.81. The van der Waals surface area contributed by atoms with Gasteiger partial charge in [0.05, 0.1) is 11.8 Å². The summed E-state index contributed by atoms with van der Waals surface area (Å²) in [4.78, 5) is 30.8. The highest BCUT2D eigenvalue weighted by molar-refractivity contribution is 8.00. The maximum Gasteiger partial charge on any atom is 0.243 e. The van der Waals surface area contributed by atoms with E-state index in [9.17, 15) is 9.59 Å². The number of pyridine rings is 1. The van der Waals surface area contributed by atoms with Gasteiger partial charge in [-0.2, -0.15) is 0 Å². The first kappa shape index (κ1) is 15.1. The topological polar surface area (TPSA) is 50.3 Å². The molecule has 4 nitrogen and oxygen atoms in total. The second kappa shape index (κ2) is 6.50. The molecule has 22 heavy (non-hydrogen) atoms. The SMILES string of the molecule is O=C1CC(Sc2ccc(Cl)cc2)C(=O)N1Cc1cccnc1. The number of carbonyl (C=O) groups excluding carboxylic acids is 2. The van der Waals surface area contributed by atoms with E-state index in [0.29, 0.717) is 5.02 Å². The van der Waals surface area contributed by atoms with Gasteiger partial charge < -0.3 is 0 Å². The van der Waals surface area contributed by atoms with Gasteiger partial charge in [-0.05, 0) is 35.9 Å². The molecule has 1 aliphatic rings. The number of imide groups is 1. The summed E-state index contributed by atoms with van der Waals surface area (Å²) in [6.07, 6.45) is 3.56. The largest absolute Gasteiger partial charge is 0.277 e. The Balaban J connectivity index is 1.70. The number of hydrogen-bond acceptors (Lipinski definition) is 4. The Morgan fingerprint density at radius 2 is 2.00 bits per heavy atom. The molecule has 1 atom stereocenters. The van der Waals surface area contributed by atoms with Crippen LogP contribution in [0.25, 0.3) is 0 Å². The Morgan fingerprint density at radius 1 is 1.23 bits per heavy atom. The number of halogens is 1. The molecule has 1 aliphatic heterocycles. The number of thioether (sulfide) groups is 1.